The van der Waals surface area contributed by atoms with Crippen molar-refractivity contribution in [3.8, 4) is 0 Å². The lowest BCUT2D eigenvalue weighted by atomic mass is 10.1. The first kappa shape index (κ1) is 19.1. The van der Waals surface area contributed by atoms with Crippen LogP contribution in [0.15, 0.2) is 36.7 Å². The van der Waals surface area contributed by atoms with E-state index in [2.05, 4.69) is 45.0 Å². The molecule has 0 bridgehead atoms. The molecule has 0 atom stereocenters. The number of carbonyl (C=O) groups excluding carboxylic acids is 1. The summed E-state index contributed by atoms with van der Waals surface area (Å²) in [5.74, 6) is 1.62. The maximum absolute atomic E-state index is 12.2. The molecule has 0 aliphatic carbocycles. The lowest BCUT2D eigenvalue weighted by Gasteiger charge is -2.07. The number of amides is 1. The molecule has 142 valence electrons. The van der Waals surface area contributed by atoms with Gasteiger partial charge in [-0.05, 0) is 42.3 Å². The first-order valence-corrected chi connectivity index (χ1v) is 9.89. The zero-order valence-corrected chi connectivity index (χ0v) is 16.5. The van der Waals surface area contributed by atoms with Gasteiger partial charge in [0.25, 0.3) is 0 Å². The topological polar surface area (TPSA) is 90.5 Å². The predicted molar refractivity (Wildman–Crippen MR) is 106 cm³/mol. The minimum absolute atomic E-state index is 0.0704. The Kier molecular flexibility index (Phi) is 6.23. The van der Waals surface area contributed by atoms with E-state index in [4.69, 9.17) is 0 Å². The van der Waals surface area contributed by atoms with Crippen LogP contribution in [0, 0.1) is 6.92 Å². The fourth-order valence-corrected chi connectivity index (χ4v) is 3.35. The largest absolute Gasteiger partial charge is 0.323 e. The Morgan fingerprint density at radius 3 is 2.89 bits per heavy atom. The van der Waals surface area contributed by atoms with Gasteiger partial charge in [0, 0.05) is 6.20 Å². The van der Waals surface area contributed by atoms with E-state index in [0.29, 0.717) is 23.7 Å². The van der Waals surface area contributed by atoms with Gasteiger partial charge in [-0.3, -0.25) is 9.48 Å². The van der Waals surface area contributed by atoms with Crippen molar-refractivity contribution in [1.29, 1.82) is 0 Å². The first-order valence-electron chi connectivity index (χ1n) is 8.74. The SMILES string of the molecule is Cc1ccccc1Cn1cc(NC(=O)CSCc2nnnn2C(C)C)cn1. The first-order chi connectivity index (χ1) is 13.0. The van der Waals surface area contributed by atoms with Gasteiger partial charge in [0.05, 0.1) is 36.0 Å². The second kappa shape index (κ2) is 8.81. The summed E-state index contributed by atoms with van der Waals surface area (Å²) >= 11 is 1.48. The predicted octanol–water partition coefficient (Wildman–Crippen LogP) is 2.68. The van der Waals surface area contributed by atoms with Gasteiger partial charge >= 0.3 is 0 Å². The molecule has 0 fully saturated rings. The van der Waals surface area contributed by atoms with E-state index in [0.717, 1.165) is 5.82 Å². The number of carbonyl (C=O) groups is 1. The molecule has 9 heteroatoms. The summed E-state index contributed by atoms with van der Waals surface area (Å²) in [5.41, 5.74) is 3.12. The zero-order chi connectivity index (χ0) is 19.2. The molecule has 0 saturated heterocycles. The van der Waals surface area contributed by atoms with Crippen molar-refractivity contribution in [2.24, 2.45) is 0 Å². The molecule has 8 nitrogen and oxygen atoms in total. The van der Waals surface area contributed by atoms with Gasteiger partial charge in [0.1, 0.15) is 0 Å². The smallest absolute Gasteiger partial charge is 0.234 e. The van der Waals surface area contributed by atoms with Crippen LogP contribution in [0.1, 0.15) is 36.8 Å². The van der Waals surface area contributed by atoms with E-state index in [1.54, 1.807) is 10.9 Å². The number of anilines is 1. The van der Waals surface area contributed by atoms with Crippen molar-refractivity contribution in [1.82, 2.24) is 30.0 Å². The van der Waals surface area contributed by atoms with Crippen LogP contribution in [0.5, 0.6) is 0 Å². The number of hydrogen-bond donors (Lipinski definition) is 1. The number of aryl methyl sites for hydroxylation is 1. The maximum Gasteiger partial charge on any atom is 0.234 e. The third-order valence-corrected chi connectivity index (χ3v) is 4.95. The Labute approximate surface area is 162 Å². The van der Waals surface area contributed by atoms with Crippen molar-refractivity contribution in [3.63, 3.8) is 0 Å². The third-order valence-electron chi connectivity index (χ3n) is 4.03. The monoisotopic (exact) mass is 385 g/mol. The number of benzene rings is 1. The lowest BCUT2D eigenvalue weighted by Crippen LogP contribution is -2.14. The van der Waals surface area contributed by atoms with E-state index < -0.39 is 0 Å². The normalized spacial score (nSPS) is 11.1. The highest BCUT2D eigenvalue weighted by Gasteiger charge is 2.11. The number of thioether (sulfide) groups is 1. The van der Waals surface area contributed by atoms with Crippen LogP contribution < -0.4 is 5.32 Å². The second-order valence-corrected chi connectivity index (χ2v) is 7.51. The average molecular weight is 385 g/mol. The molecule has 2 aromatic heterocycles. The summed E-state index contributed by atoms with van der Waals surface area (Å²) < 4.78 is 3.59. The number of aromatic nitrogens is 6. The zero-order valence-electron chi connectivity index (χ0n) is 15.7. The van der Waals surface area contributed by atoms with Crippen LogP contribution in [0.25, 0.3) is 0 Å². The van der Waals surface area contributed by atoms with Crippen molar-refractivity contribution in [2.45, 2.75) is 39.1 Å². The number of nitrogens with one attached hydrogen (secondary N) is 1. The molecule has 1 N–H and O–H groups in total. The van der Waals surface area contributed by atoms with E-state index >= 15 is 0 Å². The van der Waals surface area contributed by atoms with Gasteiger partial charge in [0.15, 0.2) is 5.82 Å². The summed E-state index contributed by atoms with van der Waals surface area (Å²) in [6, 6.07) is 8.39. The average Bonchev–Trinajstić information content (AvgIpc) is 3.26. The quantitative estimate of drug-likeness (QED) is 0.641. The van der Waals surface area contributed by atoms with E-state index in [1.165, 1.54) is 22.9 Å². The van der Waals surface area contributed by atoms with Crippen LogP contribution in [0.2, 0.25) is 0 Å². The van der Waals surface area contributed by atoms with E-state index in [9.17, 15) is 4.79 Å². The van der Waals surface area contributed by atoms with Crippen molar-refractivity contribution < 1.29 is 4.79 Å². The Balaban J connectivity index is 1.48. The van der Waals surface area contributed by atoms with Gasteiger partial charge in [-0.2, -0.15) is 5.10 Å². The number of rotatable bonds is 8. The standard InChI is InChI=1S/C18H23N7OS/c1-13(2)25-17(21-22-23-25)11-27-12-18(26)20-16-8-19-24(10-16)9-15-7-5-4-6-14(15)3/h4-8,10,13H,9,11-12H2,1-3H3,(H,20,26). The van der Waals surface area contributed by atoms with Gasteiger partial charge in [0.2, 0.25) is 5.91 Å². The molecule has 0 unspecified atom stereocenters. The van der Waals surface area contributed by atoms with Crippen LogP contribution >= 0.6 is 11.8 Å². The molecule has 0 aliphatic rings. The molecule has 0 spiro atoms. The van der Waals surface area contributed by atoms with Gasteiger partial charge < -0.3 is 5.32 Å². The van der Waals surface area contributed by atoms with Gasteiger partial charge in [-0.1, -0.05) is 24.3 Å². The highest BCUT2D eigenvalue weighted by atomic mass is 32.2. The molecular weight excluding hydrogens is 362 g/mol. The third kappa shape index (κ3) is 5.16. The molecule has 3 aromatic rings. The minimum atomic E-state index is -0.0704. The molecular formula is C18H23N7OS. The Morgan fingerprint density at radius 1 is 1.30 bits per heavy atom. The number of tetrazole rings is 1. The van der Waals surface area contributed by atoms with Gasteiger partial charge in [-0.25, -0.2) is 4.68 Å². The molecule has 0 aliphatic heterocycles. The molecule has 0 saturated carbocycles. The fraction of sp³-hybridized carbons (Fsp3) is 0.389. The maximum atomic E-state index is 12.2. The summed E-state index contributed by atoms with van der Waals surface area (Å²) in [6.45, 7) is 6.79. The second-order valence-electron chi connectivity index (χ2n) is 6.53. The summed E-state index contributed by atoms with van der Waals surface area (Å²) in [4.78, 5) is 12.2. The Morgan fingerprint density at radius 2 is 2.11 bits per heavy atom. The Bertz CT molecular complexity index is 903. The Hall–Kier alpha value is -2.68. The molecule has 3 rings (SSSR count). The highest BCUT2D eigenvalue weighted by molar-refractivity contribution is 7.99. The number of nitrogens with zero attached hydrogens (tertiary/aromatic N) is 6. The molecule has 1 amide bonds. The van der Waals surface area contributed by atoms with Crippen LogP contribution in [0.3, 0.4) is 0 Å². The summed E-state index contributed by atoms with van der Waals surface area (Å²) in [6.07, 6.45) is 3.51. The summed E-state index contributed by atoms with van der Waals surface area (Å²) in [7, 11) is 0. The lowest BCUT2D eigenvalue weighted by molar-refractivity contribution is -0.113. The van der Waals surface area contributed by atoms with Crippen LogP contribution in [-0.2, 0) is 17.1 Å². The van der Waals surface area contributed by atoms with Crippen LogP contribution in [0.4, 0.5) is 5.69 Å². The summed E-state index contributed by atoms with van der Waals surface area (Å²) in [5, 5.41) is 18.9. The number of hydrogen-bond acceptors (Lipinski definition) is 6. The van der Waals surface area contributed by atoms with E-state index in [-0.39, 0.29) is 11.9 Å². The molecule has 0 radical (unpaired) electrons. The molecule has 1 aromatic carbocycles. The minimum Gasteiger partial charge on any atom is -0.323 e. The molecule has 2 heterocycles. The van der Waals surface area contributed by atoms with Crippen molar-refractivity contribution in [2.75, 3.05) is 11.1 Å². The van der Waals surface area contributed by atoms with Crippen molar-refractivity contribution in [3.05, 3.63) is 53.6 Å². The van der Waals surface area contributed by atoms with Crippen molar-refractivity contribution >= 4 is 23.4 Å². The molecule has 27 heavy (non-hydrogen) atoms. The van der Waals surface area contributed by atoms with Gasteiger partial charge in [-0.15, -0.1) is 16.9 Å². The fourth-order valence-electron chi connectivity index (χ4n) is 2.62. The van der Waals surface area contributed by atoms with Crippen LogP contribution in [-0.4, -0.2) is 41.6 Å². The highest BCUT2D eigenvalue weighted by Crippen LogP contribution is 2.14. The van der Waals surface area contributed by atoms with E-state index in [1.807, 2.05) is 36.9 Å².